The summed E-state index contributed by atoms with van der Waals surface area (Å²) in [6, 6.07) is -0.688. The lowest BCUT2D eigenvalue weighted by Crippen LogP contribution is -2.33. The maximum Gasteiger partial charge on any atom is 0.508 e. The molecule has 28 heavy (non-hydrogen) atoms. The maximum absolute atomic E-state index is 12.0. The number of H-pyrrole nitrogens is 1. The molecule has 5 atom stereocenters. The highest BCUT2D eigenvalue weighted by atomic mass is 16.7. The van der Waals surface area contributed by atoms with E-state index in [0.29, 0.717) is 5.56 Å². The standard InChI is InChI=1S/C15H19N5O8/c1-7-3-20(14(23)17-13(7)22)12-2-8(18-19-16)10(28-12)5-25-15(24)26-6-11-9(4-21)27-11/h3,8-12,21H,2,4-6H2,1H3,(H,17,22,23)/t8-,9+,10+,11-,12+/m0/s1. The van der Waals surface area contributed by atoms with E-state index in [2.05, 4.69) is 15.0 Å². The Bertz CT molecular complexity index is 891. The van der Waals surface area contributed by atoms with Crippen LogP contribution in [0.1, 0.15) is 18.2 Å². The number of nitrogens with one attached hydrogen (secondary N) is 1. The van der Waals surface area contributed by atoms with Crippen molar-refractivity contribution in [3.05, 3.63) is 43.0 Å². The fourth-order valence-corrected chi connectivity index (χ4v) is 2.85. The number of hydrogen-bond acceptors (Lipinski definition) is 9. The Morgan fingerprint density at radius 2 is 2.07 bits per heavy atom. The summed E-state index contributed by atoms with van der Waals surface area (Å²) in [4.78, 5) is 40.1. The first-order valence-corrected chi connectivity index (χ1v) is 8.50. The Hall–Kier alpha value is -2.86. The number of azide groups is 1. The van der Waals surface area contributed by atoms with Gasteiger partial charge in [-0.2, -0.15) is 0 Å². The molecule has 0 amide bonds. The van der Waals surface area contributed by atoms with Gasteiger partial charge in [-0.3, -0.25) is 14.3 Å². The van der Waals surface area contributed by atoms with Crippen LogP contribution in [0.3, 0.4) is 0 Å². The molecule has 2 N–H and O–H groups in total. The van der Waals surface area contributed by atoms with Crippen LogP contribution in [0.5, 0.6) is 0 Å². The number of carbonyl (C=O) groups excluding carboxylic acids is 1. The first-order chi connectivity index (χ1) is 13.4. The van der Waals surface area contributed by atoms with E-state index < -0.39 is 35.8 Å². The van der Waals surface area contributed by atoms with Gasteiger partial charge in [-0.25, -0.2) is 9.59 Å². The van der Waals surface area contributed by atoms with Gasteiger partial charge in [0.15, 0.2) is 0 Å². The van der Waals surface area contributed by atoms with E-state index in [9.17, 15) is 14.4 Å². The molecule has 152 valence electrons. The van der Waals surface area contributed by atoms with E-state index in [0.717, 1.165) is 0 Å². The second kappa shape index (κ2) is 8.44. The van der Waals surface area contributed by atoms with Crippen molar-refractivity contribution >= 4 is 6.16 Å². The second-order valence-electron chi connectivity index (χ2n) is 6.38. The third kappa shape index (κ3) is 4.51. The van der Waals surface area contributed by atoms with Crippen LogP contribution in [-0.2, 0) is 18.9 Å². The van der Waals surface area contributed by atoms with Gasteiger partial charge in [0, 0.05) is 23.1 Å². The van der Waals surface area contributed by atoms with E-state index in [1.807, 2.05) is 0 Å². The quantitative estimate of drug-likeness (QED) is 0.207. The zero-order valence-corrected chi connectivity index (χ0v) is 14.9. The summed E-state index contributed by atoms with van der Waals surface area (Å²) in [5.74, 6) is 0. The van der Waals surface area contributed by atoms with Gasteiger partial charge in [-0.05, 0) is 12.5 Å². The second-order valence-corrected chi connectivity index (χ2v) is 6.38. The summed E-state index contributed by atoms with van der Waals surface area (Å²) >= 11 is 0. The van der Waals surface area contributed by atoms with Gasteiger partial charge in [0.1, 0.15) is 37.8 Å². The SMILES string of the molecule is Cc1cn([C@H]2C[C@H](N=[N+]=[N-])[C@@H](COC(=O)OC[C@@H]3O[C@@H]3CO)O2)c(=O)[nH]c1=O. The summed E-state index contributed by atoms with van der Waals surface area (Å²) in [7, 11) is 0. The zero-order valence-electron chi connectivity index (χ0n) is 14.9. The van der Waals surface area contributed by atoms with E-state index >= 15 is 0 Å². The van der Waals surface area contributed by atoms with Crippen molar-refractivity contribution in [1.82, 2.24) is 9.55 Å². The van der Waals surface area contributed by atoms with Crippen molar-refractivity contribution in [2.24, 2.45) is 5.11 Å². The minimum absolute atomic E-state index is 0.0516. The monoisotopic (exact) mass is 397 g/mol. The van der Waals surface area contributed by atoms with Crippen LogP contribution < -0.4 is 11.2 Å². The minimum Gasteiger partial charge on any atom is -0.432 e. The number of aliphatic hydroxyl groups is 1. The molecular weight excluding hydrogens is 378 g/mol. The molecule has 2 fully saturated rings. The molecule has 0 aromatic carbocycles. The Labute approximate surface area is 157 Å². The number of aryl methyl sites for hydroxylation is 1. The number of ether oxygens (including phenoxy) is 4. The molecule has 13 nitrogen and oxygen atoms in total. The van der Waals surface area contributed by atoms with E-state index in [4.69, 9.17) is 29.6 Å². The van der Waals surface area contributed by atoms with Crippen LogP contribution >= 0.6 is 0 Å². The van der Waals surface area contributed by atoms with Crippen LogP contribution in [0.4, 0.5) is 4.79 Å². The van der Waals surface area contributed by atoms with E-state index in [-0.39, 0.29) is 38.4 Å². The summed E-state index contributed by atoms with van der Waals surface area (Å²) in [6.07, 6.45) is -1.73. The van der Waals surface area contributed by atoms with Gasteiger partial charge >= 0.3 is 11.8 Å². The first-order valence-electron chi connectivity index (χ1n) is 8.50. The largest absolute Gasteiger partial charge is 0.508 e. The van der Waals surface area contributed by atoms with Crippen molar-refractivity contribution < 1.29 is 28.8 Å². The Morgan fingerprint density at radius 1 is 1.36 bits per heavy atom. The Morgan fingerprint density at radius 3 is 2.71 bits per heavy atom. The van der Waals surface area contributed by atoms with Gasteiger partial charge in [0.2, 0.25) is 0 Å². The van der Waals surface area contributed by atoms with Crippen molar-refractivity contribution in [1.29, 1.82) is 0 Å². The van der Waals surface area contributed by atoms with Crippen LogP contribution in [0.15, 0.2) is 20.9 Å². The molecule has 0 radical (unpaired) electrons. The Kier molecular flexibility index (Phi) is 5.99. The molecular formula is C15H19N5O8. The van der Waals surface area contributed by atoms with Gasteiger partial charge < -0.3 is 24.1 Å². The van der Waals surface area contributed by atoms with Crippen LogP contribution in [0, 0.1) is 6.92 Å². The molecule has 1 aromatic rings. The molecule has 2 aliphatic rings. The van der Waals surface area contributed by atoms with Gasteiger partial charge in [0.05, 0.1) is 12.6 Å². The molecule has 0 spiro atoms. The summed E-state index contributed by atoms with van der Waals surface area (Å²) in [6.45, 7) is 1.07. The topological polar surface area (TPSA) is 181 Å². The Balaban J connectivity index is 1.58. The lowest BCUT2D eigenvalue weighted by Gasteiger charge is -2.16. The predicted molar refractivity (Wildman–Crippen MR) is 90.6 cm³/mol. The fraction of sp³-hybridized carbons (Fsp3) is 0.667. The van der Waals surface area contributed by atoms with Gasteiger partial charge in [-0.15, -0.1) is 0 Å². The minimum atomic E-state index is -0.962. The fourth-order valence-electron chi connectivity index (χ4n) is 2.85. The summed E-state index contributed by atoms with van der Waals surface area (Å²) in [5.41, 5.74) is 7.88. The highest BCUT2D eigenvalue weighted by molar-refractivity contribution is 5.59. The molecule has 0 bridgehead atoms. The smallest absolute Gasteiger partial charge is 0.432 e. The number of carbonyl (C=O) groups is 1. The molecule has 0 unspecified atom stereocenters. The number of aromatic nitrogens is 2. The van der Waals surface area contributed by atoms with E-state index in [1.165, 1.54) is 17.7 Å². The highest BCUT2D eigenvalue weighted by Crippen LogP contribution is 2.30. The van der Waals surface area contributed by atoms with Gasteiger partial charge in [0.25, 0.3) is 5.56 Å². The van der Waals surface area contributed by atoms with Crippen LogP contribution in [0.25, 0.3) is 10.4 Å². The molecule has 3 heterocycles. The number of hydrogen-bond donors (Lipinski definition) is 2. The number of nitrogens with zero attached hydrogens (tertiary/aromatic N) is 4. The lowest BCUT2D eigenvalue weighted by molar-refractivity contribution is -0.0427. The van der Waals surface area contributed by atoms with E-state index in [1.54, 1.807) is 0 Å². The lowest BCUT2D eigenvalue weighted by atomic mass is 10.1. The van der Waals surface area contributed by atoms with Crippen molar-refractivity contribution in [2.45, 2.75) is 43.9 Å². The third-order valence-electron chi connectivity index (χ3n) is 4.46. The average molecular weight is 397 g/mol. The molecule has 1 aromatic heterocycles. The molecule has 0 aliphatic carbocycles. The number of epoxide rings is 1. The summed E-state index contributed by atoms with van der Waals surface area (Å²) < 4.78 is 21.7. The highest BCUT2D eigenvalue weighted by Gasteiger charge is 2.40. The normalized spacial score (nSPS) is 28.4. The van der Waals surface area contributed by atoms with Crippen molar-refractivity contribution in [2.75, 3.05) is 19.8 Å². The van der Waals surface area contributed by atoms with Crippen molar-refractivity contribution in [3.8, 4) is 0 Å². The first kappa shape index (κ1) is 19.9. The van der Waals surface area contributed by atoms with Gasteiger partial charge in [-0.1, -0.05) is 5.11 Å². The molecule has 3 rings (SSSR count). The van der Waals surface area contributed by atoms with Crippen LogP contribution in [-0.4, -0.2) is 65.0 Å². The maximum atomic E-state index is 12.0. The third-order valence-corrected chi connectivity index (χ3v) is 4.46. The van der Waals surface area contributed by atoms with Crippen LogP contribution in [0.2, 0.25) is 0 Å². The number of aromatic amines is 1. The number of aliphatic hydroxyl groups excluding tert-OH is 1. The zero-order chi connectivity index (χ0) is 20.3. The molecule has 13 heteroatoms. The predicted octanol–water partition coefficient (Wildman–Crippen LogP) is -0.276. The number of rotatable bonds is 7. The average Bonchev–Trinajstić information content (AvgIpc) is 3.33. The summed E-state index contributed by atoms with van der Waals surface area (Å²) in [5, 5.41) is 12.5. The molecule has 2 saturated heterocycles. The van der Waals surface area contributed by atoms with Crippen molar-refractivity contribution in [3.63, 3.8) is 0 Å². The molecule has 2 aliphatic heterocycles. The molecule has 0 saturated carbocycles.